The van der Waals surface area contributed by atoms with Crippen molar-refractivity contribution in [1.82, 2.24) is 10.5 Å². The molecular weight excluding hydrogens is 272 g/mol. The third kappa shape index (κ3) is 2.40. The molecule has 1 aromatic carbocycles. The predicted octanol–water partition coefficient (Wildman–Crippen LogP) is 2.08. The van der Waals surface area contributed by atoms with Gasteiger partial charge in [-0.25, -0.2) is 4.79 Å². The molecule has 6 heteroatoms. The number of nitrogens with one attached hydrogen (secondary N) is 1. The number of carboxylic acids is 1. The largest absolute Gasteiger partial charge is 0.480 e. The van der Waals surface area contributed by atoms with Crippen LogP contribution in [0.4, 0.5) is 0 Å². The highest BCUT2D eigenvalue weighted by molar-refractivity contribution is 5.97. The Kier molecular flexibility index (Phi) is 3.21. The second-order valence-corrected chi connectivity index (χ2v) is 5.14. The van der Waals surface area contributed by atoms with Crippen molar-refractivity contribution in [3.63, 3.8) is 0 Å². The molecule has 1 aliphatic rings. The zero-order valence-electron chi connectivity index (χ0n) is 11.2. The third-order valence-corrected chi connectivity index (χ3v) is 3.77. The molecule has 1 aliphatic carbocycles. The van der Waals surface area contributed by atoms with Crippen molar-refractivity contribution in [3.05, 3.63) is 42.1 Å². The van der Waals surface area contributed by atoms with Crippen LogP contribution in [0.2, 0.25) is 0 Å². The van der Waals surface area contributed by atoms with E-state index in [1.54, 1.807) is 0 Å². The summed E-state index contributed by atoms with van der Waals surface area (Å²) in [6, 6.07) is 10.8. The van der Waals surface area contributed by atoms with Gasteiger partial charge in [0, 0.05) is 11.6 Å². The number of amides is 1. The Hall–Kier alpha value is -2.63. The van der Waals surface area contributed by atoms with Crippen LogP contribution < -0.4 is 5.32 Å². The Morgan fingerprint density at radius 1 is 1.24 bits per heavy atom. The minimum atomic E-state index is -1.15. The van der Waals surface area contributed by atoms with Crippen molar-refractivity contribution >= 4 is 11.9 Å². The van der Waals surface area contributed by atoms with Crippen LogP contribution in [0.5, 0.6) is 0 Å². The summed E-state index contributed by atoms with van der Waals surface area (Å²) >= 11 is 0. The van der Waals surface area contributed by atoms with Gasteiger partial charge in [-0.1, -0.05) is 35.5 Å². The molecule has 0 bridgehead atoms. The van der Waals surface area contributed by atoms with E-state index in [0.717, 1.165) is 12.0 Å². The highest BCUT2D eigenvalue weighted by Crippen LogP contribution is 2.32. The first kappa shape index (κ1) is 13.4. The summed E-state index contributed by atoms with van der Waals surface area (Å²) in [6.07, 6.45) is 1.68. The minimum Gasteiger partial charge on any atom is -0.480 e. The average molecular weight is 286 g/mol. The minimum absolute atomic E-state index is 0.0846. The third-order valence-electron chi connectivity index (χ3n) is 3.77. The summed E-state index contributed by atoms with van der Waals surface area (Å²) in [5, 5.41) is 15.5. The molecule has 1 saturated carbocycles. The number of carbonyl (C=O) groups excluding carboxylic acids is 1. The first-order chi connectivity index (χ1) is 10.1. The Labute approximate surface area is 120 Å². The normalized spacial score (nSPS) is 16.0. The molecule has 0 unspecified atom stereocenters. The van der Waals surface area contributed by atoms with Crippen LogP contribution in [0.25, 0.3) is 11.3 Å². The molecule has 2 N–H and O–H groups in total. The van der Waals surface area contributed by atoms with Gasteiger partial charge in [0.25, 0.3) is 5.91 Å². The van der Waals surface area contributed by atoms with Gasteiger partial charge in [0.15, 0.2) is 11.5 Å². The van der Waals surface area contributed by atoms with Crippen molar-refractivity contribution in [3.8, 4) is 11.3 Å². The molecule has 6 nitrogen and oxygen atoms in total. The van der Waals surface area contributed by atoms with Gasteiger partial charge in [-0.05, 0) is 19.3 Å². The van der Waals surface area contributed by atoms with Crippen LogP contribution in [0.3, 0.4) is 0 Å². The zero-order chi connectivity index (χ0) is 14.9. The van der Waals surface area contributed by atoms with Crippen LogP contribution in [0.15, 0.2) is 40.9 Å². The smallest absolute Gasteiger partial charge is 0.329 e. The maximum absolute atomic E-state index is 12.1. The molecule has 1 amide bonds. The van der Waals surface area contributed by atoms with Gasteiger partial charge in [-0.2, -0.15) is 0 Å². The number of hydrogen-bond donors (Lipinski definition) is 2. The number of aromatic nitrogens is 1. The lowest BCUT2D eigenvalue weighted by molar-refractivity contribution is -0.148. The monoisotopic (exact) mass is 286 g/mol. The van der Waals surface area contributed by atoms with Gasteiger partial charge in [0.05, 0.1) is 0 Å². The first-order valence-corrected chi connectivity index (χ1v) is 6.69. The van der Waals surface area contributed by atoms with E-state index >= 15 is 0 Å². The molecule has 1 aromatic heterocycles. The SMILES string of the molecule is O=C(NC1(C(=O)O)CCC1)c1cc(-c2ccccc2)on1. The summed E-state index contributed by atoms with van der Waals surface area (Å²) in [7, 11) is 0. The molecule has 0 saturated heterocycles. The molecule has 3 rings (SSSR count). The molecule has 0 atom stereocenters. The van der Waals surface area contributed by atoms with Gasteiger partial charge in [-0.3, -0.25) is 4.79 Å². The molecule has 0 spiro atoms. The second-order valence-electron chi connectivity index (χ2n) is 5.14. The number of hydrogen-bond acceptors (Lipinski definition) is 4. The fourth-order valence-electron chi connectivity index (χ4n) is 2.32. The number of rotatable bonds is 4. The summed E-state index contributed by atoms with van der Waals surface area (Å²) in [5.41, 5.74) is -0.259. The number of nitrogens with zero attached hydrogens (tertiary/aromatic N) is 1. The standard InChI is InChI=1S/C15H14N2O4/c18-13(16-15(14(19)20)7-4-8-15)11-9-12(21-17-11)10-5-2-1-3-6-10/h1-3,5-6,9H,4,7-8H2,(H,16,18)(H,19,20). The van der Waals surface area contributed by atoms with Crippen molar-refractivity contribution in [2.24, 2.45) is 0 Å². The van der Waals surface area contributed by atoms with Crippen LogP contribution in [-0.4, -0.2) is 27.7 Å². The molecule has 1 fully saturated rings. The van der Waals surface area contributed by atoms with Crippen molar-refractivity contribution in [2.45, 2.75) is 24.8 Å². The van der Waals surface area contributed by atoms with Crippen LogP contribution in [0.1, 0.15) is 29.8 Å². The van der Waals surface area contributed by atoms with E-state index in [0.29, 0.717) is 18.6 Å². The summed E-state index contributed by atoms with van der Waals surface area (Å²) in [4.78, 5) is 23.3. The molecule has 0 radical (unpaired) electrons. The van der Waals surface area contributed by atoms with Gasteiger partial charge < -0.3 is 14.9 Å². The Bertz CT molecular complexity index is 674. The van der Waals surface area contributed by atoms with Crippen molar-refractivity contribution in [2.75, 3.05) is 0 Å². The number of benzene rings is 1. The lowest BCUT2D eigenvalue weighted by atomic mass is 9.76. The zero-order valence-corrected chi connectivity index (χ0v) is 11.2. The van der Waals surface area contributed by atoms with Gasteiger partial charge in [0.1, 0.15) is 5.54 Å². The van der Waals surface area contributed by atoms with Crippen LogP contribution in [0, 0.1) is 0 Å². The Morgan fingerprint density at radius 2 is 1.95 bits per heavy atom. The van der Waals surface area contributed by atoms with Crippen molar-refractivity contribution < 1.29 is 19.2 Å². The summed E-state index contributed by atoms with van der Waals surface area (Å²) < 4.78 is 5.14. The summed E-state index contributed by atoms with van der Waals surface area (Å²) in [6.45, 7) is 0. The van der Waals surface area contributed by atoms with Crippen molar-refractivity contribution in [1.29, 1.82) is 0 Å². The molecule has 108 valence electrons. The molecule has 2 aromatic rings. The maximum atomic E-state index is 12.1. The van der Waals surface area contributed by atoms with E-state index in [2.05, 4.69) is 10.5 Å². The average Bonchev–Trinajstić information content (AvgIpc) is 2.93. The number of carboxylic acid groups (broad SMARTS) is 1. The molecule has 0 aliphatic heterocycles. The van der Waals surface area contributed by atoms with E-state index in [1.807, 2.05) is 30.3 Å². The second kappa shape index (κ2) is 5.05. The predicted molar refractivity (Wildman–Crippen MR) is 73.6 cm³/mol. The highest BCUT2D eigenvalue weighted by atomic mass is 16.5. The van der Waals surface area contributed by atoms with E-state index in [-0.39, 0.29) is 5.69 Å². The topological polar surface area (TPSA) is 92.4 Å². The van der Waals surface area contributed by atoms with E-state index in [1.165, 1.54) is 6.07 Å². The number of carbonyl (C=O) groups is 2. The van der Waals surface area contributed by atoms with E-state index in [4.69, 9.17) is 4.52 Å². The van der Waals surface area contributed by atoms with Gasteiger partial charge in [-0.15, -0.1) is 0 Å². The molecule has 1 heterocycles. The fraction of sp³-hybridized carbons (Fsp3) is 0.267. The van der Waals surface area contributed by atoms with E-state index in [9.17, 15) is 14.7 Å². The Balaban J connectivity index is 1.77. The maximum Gasteiger partial charge on any atom is 0.329 e. The summed E-state index contributed by atoms with van der Waals surface area (Å²) in [5.74, 6) is -1.06. The number of aliphatic carboxylic acids is 1. The first-order valence-electron chi connectivity index (χ1n) is 6.69. The fourth-order valence-corrected chi connectivity index (χ4v) is 2.32. The van der Waals surface area contributed by atoms with Gasteiger partial charge >= 0.3 is 5.97 Å². The Morgan fingerprint density at radius 3 is 2.52 bits per heavy atom. The molecule has 21 heavy (non-hydrogen) atoms. The van der Waals surface area contributed by atoms with Gasteiger partial charge in [0.2, 0.25) is 0 Å². The molecular formula is C15H14N2O4. The van der Waals surface area contributed by atoms with Crippen LogP contribution >= 0.6 is 0 Å². The van der Waals surface area contributed by atoms with E-state index < -0.39 is 17.4 Å². The van der Waals surface area contributed by atoms with Crippen LogP contribution in [-0.2, 0) is 4.79 Å². The highest BCUT2D eigenvalue weighted by Gasteiger charge is 2.46. The quantitative estimate of drug-likeness (QED) is 0.897. The lowest BCUT2D eigenvalue weighted by Crippen LogP contribution is -2.59. The lowest BCUT2D eigenvalue weighted by Gasteiger charge is -2.37.